The van der Waals surface area contributed by atoms with E-state index in [4.69, 9.17) is 27.4 Å². The SMILES string of the molecule is CCCNC(=O)CCCC#Cc1cccc2nc(Cn3nc(-c4cccc(O)c4)c4c(N)ncnc43)n(Cc3ccccc3Cl)c(=O)c12. The van der Waals surface area contributed by atoms with E-state index < -0.39 is 0 Å². The molecule has 0 unspecified atom stereocenters. The van der Waals surface area contributed by atoms with E-state index in [0.29, 0.717) is 75.4 Å². The zero-order chi connectivity index (χ0) is 33.6. The fourth-order valence-electron chi connectivity index (χ4n) is 5.47. The number of carbonyl (C=O) groups is 1. The summed E-state index contributed by atoms with van der Waals surface area (Å²) in [7, 11) is 0. The van der Waals surface area contributed by atoms with Gasteiger partial charge in [0.25, 0.3) is 5.56 Å². The number of carbonyl (C=O) groups excluding carboxylic acids is 1. The summed E-state index contributed by atoms with van der Waals surface area (Å²) < 4.78 is 3.21. The van der Waals surface area contributed by atoms with Crippen LogP contribution in [0, 0.1) is 11.8 Å². The van der Waals surface area contributed by atoms with Gasteiger partial charge >= 0.3 is 0 Å². The van der Waals surface area contributed by atoms with Crippen molar-refractivity contribution in [3.05, 3.63) is 105 Å². The number of nitrogens with one attached hydrogen (secondary N) is 1. The van der Waals surface area contributed by atoms with E-state index in [1.54, 1.807) is 45.6 Å². The molecular weight excluding hydrogens is 628 g/mol. The second-order valence-corrected chi connectivity index (χ2v) is 11.6. The minimum absolute atomic E-state index is 0.0103. The van der Waals surface area contributed by atoms with Crippen LogP contribution in [0.5, 0.6) is 5.75 Å². The summed E-state index contributed by atoms with van der Waals surface area (Å²) in [6, 6.07) is 19.4. The normalized spacial score (nSPS) is 11.0. The van der Waals surface area contributed by atoms with Gasteiger partial charge in [0.1, 0.15) is 36.0 Å². The lowest BCUT2D eigenvalue weighted by Gasteiger charge is -2.15. The van der Waals surface area contributed by atoms with E-state index in [0.717, 1.165) is 12.0 Å². The first-order chi connectivity index (χ1) is 23.3. The third-order valence-electron chi connectivity index (χ3n) is 7.82. The Kier molecular flexibility index (Phi) is 9.64. The number of fused-ring (bicyclic) bond motifs is 2. The molecule has 0 aliphatic heterocycles. The maximum atomic E-state index is 14.4. The van der Waals surface area contributed by atoms with Crippen LogP contribution in [0.2, 0.25) is 5.02 Å². The first kappa shape index (κ1) is 32.2. The predicted octanol–water partition coefficient (Wildman–Crippen LogP) is 5.29. The number of nitrogens with two attached hydrogens (primary N) is 1. The number of halogens is 1. The van der Waals surface area contributed by atoms with Gasteiger partial charge in [-0.1, -0.05) is 66.8 Å². The number of anilines is 1. The fraction of sp³-hybridized carbons (Fsp3) is 0.222. The number of aromatic nitrogens is 6. The number of phenols is 1. The van der Waals surface area contributed by atoms with Gasteiger partial charge in [-0.3, -0.25) is 14.2 Å². The number of benzene rings is 3. The summed E-state index contributed by atoms with van der Waals surface area (Å²) in [4.78, 5) is 40.0. The first-order valence-electron chi connectivity index (χ1n) is 15.6. The summed E-state index contributed by atoms with van der Waals surface area (Å²) >= 11 is 6.56. The highest BCUT2D eigenvalue weighted by atomic mass is 35.5. The highest BCUT2D eigenvalue weighted by Crippen LogP contribution is 2.32. The Labute approximate surface area is 281 Å². The van der Waals surface area contributed by atoms with Crippen molar-refractivity contribution in [3.8, 4) is 28.8 Å². The molecule has 3 aromatic heterocycles. The standard InChI is InChI=1S/C36H33ClN8O3/c1-2-18-39-30(47)17-5-3-4-10-23-12-9-16-28-31(23)36(48)44(20-25-11-6-7-15-27(25)37)29(42-28)21-45-35-32(34(38)40-22-41-35)33(43-45)24-13-8-14-26(46)19-24/h6-9,11-16,19,22,46H,2-3,5,17-18,20-21H2,1H3,(H,39,47)(H2,38,40,41). The van der Waals surface area contributed by atoms with Crippen LogP contribution in [-0.4, -0.2) is 46.9 Å². The second-order valence-electron chi connectivity index (χ2n) is 11.2. The minimum atomic E-state index is -0.280. The van der Waals surface area contributed by atoms with E-state index in [2.05, 4.69) is 27.1 Å². The lowest BCUT2D eigenvalue weighted by Crippen LogP contribution is -2.28. The zero-order valence-electron chi connectivity index (χ0n) is 26.3. The van der Waals surface area contributed by atoms with Crippen molar-refractivity contribution in [2.24, 2.45) is 0 Å². The van der Waals surface area contributed by atoms with Crippen molar-refractivity contribution in [1.82, 2.24) is 34.6 Å². The van der Waals surface area contributed by atoms with Gasteiger partial charge in [-0.25, -0.2) is 19.6 Å². The number of hydrogen-bond acceptors (Lipinski definition) is 8. The van der Waals surface area contributed by atoms with Gasteiger partial charge in [0.15, 0.2) is 5.65 Å². The fourth-order valence-corrected chi connectivity index (χ4v) is 5.67. The highest BCUT2D eigenvalue weighted by Gasteiger charge is 2.21. The van der Waals surface area contributed by atoms with E-state index in [1.165, 1.54) is 6.33 Å². The van der Waals surface area contributed by atoms with Crippen LogP contribution in [0.4, 0.5) is 5.82 Å². The molecule has 0 saturated heterocycles. The molecular formula is C36H33ClN8O3. The molecule has 1 amide bonds. The van der Waals surface area contributed by atoms with Gasteiger partial charge in [0, 0.05) is 35.5 Å². The Morgan fingerprint density at radius 1 is 1.04 bits per heavy atom. The van der Waals surface area contributed by atoms with Crippen molar-refractivity contribution >= 4 is 45.3 Å². The first-order valence-corrected chi connectivity index (χ1v) is 16.0. The van der Waals surface area contributed by atoms with Crippen molar-refractivity contribution in [2.45, 2.75) is 45.7 Å². The summed E-state index contributed by atoms with van der Waals surface area (Å²) in [5.41, 5.74) is 9.37. The molecule has 3 heterocycles. The van der Waals surface area contributed by atoms with Gasteiger partial charge in [-0.05, 0) is 48.7 Å². The molecule has 48 heavy (non-hydrogen) atoms. The molecule has 0 fully saturated rings. The minimum Gasteiger partial charge on any atom is -0.508 e. The maximum absolute atomic E-state index is 14.4. The molecule has 0 bridgehead atoms. The van der Waals surface area contributed by atoms with E-state index in [-0.39, 0.29) is 36.1 Å². The smallest absolute Gasteiger partial charge is 0.263 e. The molecule has 6 rings (SSSR count). The average Bonchev–Trinajstić information content (AvgIpc) is 3.45. The number of amides is 1. The van der Waals surface area contributed by atoms with Crippen LogP contribution >= 0.6 is 11.6 Å². The largest absolute Gasteiger partial charge is 0.508 e. The van der Waals surface area contributed by atoms with Crippen LogP contribution in [0.15, 0.2) is 77.9 Å². The van der Waals surface area contributed by atoms with Crippen molar-refractivity contribution < 1.29 is 9.90 Å². The maximum Gasteiger partial charge on any atom is 0.263 e. The zero-order valence-corrected chi connectivity index (χ0v) is 27.0. The molecule has 0 atom stereocenters. The molecule has 12 heteroatoms. The Bertz CT molecular complexity index is 2270. The number of unbranched alkanes of at least 4 members (excludes halogenated alkanes) is 1. The van der Waals surface area contributed by atoms with E-state index in [9.17, 15) is 14.7 Å². The van der Waals surface area contributed by atoms with Gasteiger partial charge in [-0.15, -0.1) is 0 Å². The molecule has 0 aliphatic rings. The molecule has 0 radical (unpaired) electrons. The number of phenolic OH excluding ortho intramolecular Hbond substituents is 1. The predicted molar refractivity (Wildman–Crippen MR) is 187 cm³/mol. The van der Waals surface area contributed by atoms with E-state index >= 15 is 0 Å². The third kappa shape index (κ3) is 6.84. The number of rotatable bonds is 10. The number of nitrogen functional groups attached to an aromatic ring is 1. The molecule has 242 valence electrons. The van der Waals surface area contributed by atoms with Crippen molar-refractivity contribution in [1.29, 1.82) is 0 Å². The summed E-state index contributed by atoms with van der Waals surface area (Å²) in [6.07, 6.45) is 3.76. The molecule has 3 aromatic carbocycles. The van der Waals surface area contributed by atoms with Crippen LogP contribution < -0.4 is 16.6 Å². The molecule has 11 nitrogen and oxygen atoms in total. The highest BCUT2D eigenvalue weighted by molar-refractivity contribution is 6.31. The Hall–Kier alpha value is -5.73. The molecule has 6 aromatic rings. The van der Waals surface area contributed by atoms with Gasteiger partial charge < -0.3 is 16.2 Å². The van der Waals surface area contributed by atoms with Crippen LogP contribution in [0.3, 0.4) is 0 Å². The van der Waals surface area contributed by atoms with E-state index in [1.807, 2.05) is 37.3 Å². The van der Waals surface area contributed by atoms with Crippen LogP contribution in [0.1, 0.15) is 49.6 Å². The lowest BCUT2D eigenvalue weighted by atomic mass is 10.1. The quantitative estimate of drug-likeness (QED) is 0.132. The summed E-state index contributed by atoms with van der Waals surface area (Å²) in [5, 5.41) is 19.3. The van der Waals surface area contributed by atoms with Crippen molar-refractivity contribution in [3.63, 3.8) is 0 Å². The molecule has 4 N–H and O–H groups in total. The van der Waals surface area contributed by atoms with Crippen molar-refractivity contribution in [2.75, 3.05) is 12.3 Å². The van der Waals surface area contributed by atoms with Gasteiger partial charge in [-0.2, -0.15) is 5.10 Å². The van der Waals surface area contributed by atoms with Crippen LogP contribution in [0.25, 0.3) is 33.2 Å². The molecule has 0 spiro atoms. The Morgan fingerprint density at radius 3 is 2.69 bits per heavy atom. The summed E-state index contributed by atoms with van der Waals surface area (Å²) in [5.74, 6) is 7.00. The molecule has 0 saturated carbocycles. The average molecular weight is 661 g/mol. The summed E-state index contributed by atoms with van der Waals surface area (Å²) in [6.45, 7) is 2.89. The molecule has 0 aliphatic carbocycles. The number of hydrogen-bond donors (Lipinski definition) is 3. The Morgan fingerprint density at radius 2 is 1.88 bits per heavy atom. The van der Waals surface area contributed by atoms with Gasteiger partial charge in [0.2, 0.25) is 5.91 Å². The monoisotopic (exact) mass is 660 g/mol. The second kappa shape index (κ2) is 14.4. The number of aromatic hydroxyl groups is 1. The van der Waals surface area contributed by atoms with Gasteiger partial charge in [0.05, 0.1) is 22.8 Å². The topological polar surface area (TPSA) is 154 Å². The third-order valence-corrected chi connectivity index (χ3v) is 8.19. The van der Waals surface area contributed by atoms with Crippen LogP contribution in [-0.2, 0) is 17.9 Å². The Balaban J connectivity index is 1.43. The lowest BCUT2D eigenvalue weighted by molar-refractivity contribution is -0.121. The number of nitrogens with zero attached hydrogens (tertiary/aromatic N) is 6.